The number of benzene rings is 2. The highest BCUT2D eigenvalue weighted by Gasteiger charge is 2.29. The third-order valence-corrected chi connectivity index (χ3v) is 6.69. The number of aromatic nitrogens is 4. The SMILES string of the molecule is NC(=O)CCn1c(SC(C(=O)c2c[nH]c3ccccc23)c2ccccc2)nnc1-c1ccco1. The van der Waals surface area contributed by atoms with Crippen molar-refractivity contribution in [2.75, 3.05) is 0 Å². The Morgan fingerprint density at radius 3 is 2.59 bits per heavy atom. The predicted molar refractivity (Wildman–Crippen MR) is 129 cm³/mol. The second-order valence-electron chi connectivity index (χ2n) is 7.67. The van der Waals surface area contributed by atoms with E-state index >= 15 is 0 Å². The third kappa shape index (κ3) is 4.25. The Hall–Kier alpha value is -4.11. The number of Topliss-reactive ketones (excluding diaryl/α,β-unsaturated/α-hetero) is 1. The number of fused-ring (bicyclic) bond motifs is 1. The number of para-hydroxylation sites is 1. The molecule has 3 N–H and O–H groups in total. The summed E-state index contributed by atoms with van der Waals surface area (Å²) in [5.74, 6) is 0.491. The van der Waals surface area contributed by atoms with E-state index < -0.39 is 11.2 Å². The molecule has 5 rings (SSSR count). The number of hydrogen-bond donors (Lipinski definition) is 2. The van der Waals surface area contributed by atoms with Crippen molar-refractivity contribution in [1.82, 2.24) is 19.7 Å². The van der Waals surface area contributed by atoms with Gasteiger partial charge in [-0.1, -0.05) is 60.3 Å². The fourth-order valence-corrected chi connectivity index (χ4v) is 4.94. The van der Waals surface area contributed by atoms with Crippen LogP contribution in [0.5, 0.6) is 0 Å². The van der Waals surface area contributed by atoms with Crippen LogP contribution >= 0.6 is 11.8 Å². The average Bonchev–Trinajstić information content (AvgIpc) is 3.61. The summed E-state index contributed by atoms with van der Waals surface area (Å²) in [6.45, 7) is 0.267. The summed E-state index contributed by atoms with van der Waals surface area (Å²) in [6.07, 6.45) is 3.39. The number of carbonyl (C=O) groups is 2. The first-order valence-corrected chi connectivity index (χ1v) is 11.6. The van der Waals surface area contributed by atoms with Crippen LogP contribution in [-0.2, 0) is 11.3 Å². The number of furan rings is 1. The number of amides is 1. The zero-order valence-electron chi connectivity index (χ0n) is 18.0. The fourth-order valence-electron chi connectivity index (χ4n) is 3.81. The molecule has 0 spiro atoms. The quantitative estimate of drug-likeness (QED) is 0.239. The molecule has 0 saturated carbocycles. The summed E-state index contributed by atoms with van der Waals surface area (Å²) < 4.78 is 7.28. The maximum atomic E-state index is 13.8. The highest BCUT2D eigenvalue weighted by molar-refractivity contribution is 8.00. The lowest BCUT2D eigenvalue weighted by molar-refractivity contribution is -0.118. The van der Waals surface area contributed by atoms with Crippen molar-refractivity contribution in [2.24, 2.45) is 5.73 Å². The van der Waals surface area contributed by atoms with Gasteiger partial charge in [-0.15, -0.1) is 10.2 Å². The van der Waals surface area contributed by atoms with Gasteiger partial charge < -0.3 is 15.1 Å². The second kappa shape index (κ2) is 9.40. The van der Waals surface area contributed by atoms with Crippen molar-refractivity contribution in [3.63, 3.8) is 0 Å². The zero-order chi connectivity index (χ0) is 23.5. The third-order valence-electron chi connectivity index (χ3n) is 5.46. The molecule has 0 aliphatic carbocycles. The Morgan fingerprint density at radius 2 is 1.82 bits per heavy atom. The Kier molecular flexibility index (Phi) is 6.01. The van der Waals surface area contributed by atoms with Crippen LogP contribution in [0.2, 0.25) is 0 Å². The summed E-state index contributed by atoms with van der Waals surface area (Å²) in [7, 11) is 0. The van der Waals surface area contributed by atoms with E-state index in [1.165, 1.54) is 11.8 Å². The predicted octanol–water partition coefficient (Wildman–Crippen LogP) is 4.61. The Morgan fingerprint density at radius 1 is 1.03 bits per heavy atom. The molecule has 0 aliphatic rings. The number of nitrogens with one attached hydrogen (secondary N) is 1. The van der Waals surface area contributed by atoms with Gasteiger partial charge in [0.05, 0.1) is 6.26 Å². The number of thioether (sulfide) groups is 1. The summed E-state index contributed by atoms with van der Waals surface area (Å²) >= 11 is 1.29. The lowest BCUT2D eigenvalue weighted by Crippen LogP contribution is -2.16. The molecule has 2 aromatic carbocycles. The van der Waals surface area contributed by atoms with Gasteiger partial charge in [-0.2, -0.15) is 0 Å². The molecule has 34 heavy (non-hydrogen) atoms. The van der Waals surface area contributed by atoms with E-state index in [0.717, 1.165) is 16.5 Å². The molecule has 1 amide bonds. The van der Waals surface area contributed by atoms with Gasteiger partial charge >= 0.3 is 0 Å². The molecule has 0 fully saturated rings. The first-order chi connectivity index (χ1) is 16.6. The number of ketones is 1. The minimum absolute atomic E-state index is 0.0577. The normalized spacial score (nSPS) is 12.1. The summed E-state index contributed by atoms with van der Waals surface area (Å²) in [5.41, 5.74) is 7.74. The molecule has 5 aromatic rings. The number of rotatable bonds is 9. The topological polar surface area (TPSA) is 120 Å². The van der Waals surface area contributed by atoms with Gasteiger partial charge in [0.15, 0.2) is 22.5 Å². The molecule has 0 bridgehead atoms. The minimum atomic E-state index is -0.582. The number of H-pyrrole nitrogens is 1. The van der Waals surface area contributed by atoms with Crippen LogP contribution in [0.4, 0.5) is 0 Å². The molecule has 0 aliphatic heterocycles. The number of nitrogens with two attached hydrogens (primary N) is 1. The van der Waals surface area contributed by atoms with Crippen LogP contribution in [0.3, 0.4) is 0 Å². The fraction of sp³-hybridized carbons (Fsp3) is 0.120. The lowest BCUT2D eigenvalue weighted by atomic mass is 10.0. The Bertz CT molecular complexity index is 1440. The molecule has 0 saturated heterocycles. The number of primary amides is 1. The standard InChI is InChI=1S/C25H21N5O3S/c26-21(31)12-13-30-24(20-11-6-14-33-20)28-29-25(30)34-23(16-7-2-1-3-8-16)22(32)18-15-27-19-10-5-4-9-17(18)19/h1-11,14-15,23,27H,12-13H2,(H2,26,31). The molecule has 3 aromatic heterocycles. The molecule has 1 unspecified atom stereocenters. The van der Waals surface area contributed by atoms with Crippen LogP contribution in [0.25, 0.3) is 22.5 Å². The Balaban J connectivity index is 1.56. The number of nitrogens with zero attached hydrogens (tertiary/aromatic N) is 3. The van der Waals surface area contributed by atoms with E-state index in [4.69, 9.17) is 10.2 Å². The molecule has 3 heterocycles. The van der Waals surface area contributed by atoms with Crippen molar-refractivity contribution in [2.45, 2.75) is 23.4 Å². The minimum Gasteiger partial charge on any atom is -0.461 e. The maximum Gasteiger partial charge on any atom is 0.219 e. The van der Waals surface area contributed by atoms with E-state index in [1.807, 2.05) is 54.6 Å². The summed E-state index contributed by atoms with van der Waals surface area (Å²) in [6, 6.07) is 20.8. The van der Waals surface area contributed by atoms with Gasteiger partial charge in [-0.3, -0.25) is 14.2 Å². The highest BCUT2D eigenvalue weighted by Crippen LogP contribution is 2.39. The van der Waals surface area contributed by atoms with Crippen LogP contribution in [0.1, 0.15) is 27.6 Å². The van der Waals surface area contributed by atoms with E-state index in [-0.39, 0.29) is 18.7 Å². The monoisotopic (exact) mass is 471 g/mol. The molecular formula is C25H21N5O3S. The van der Waals surface area contributed by atoms with Crippen LogP contribution in [-0.4, -0.2) is 31.4 Å². The van der Waals surface area contributed by atoms with Crippen molar-refractivity contribution >= 4 is 34.4 Å². The zero-order valence-corrected chi connectivity index (χ0v) is 18.9. The number of aromatic amines is 1. The van der Waals surface area contributed by atoms with Gasteiger partial charge in [0.1, 0.15) is 5.25 Å². The van der Waals surface area contributed by atoms with Gasteiger partial charge in [0, 0.05) is 35.6 Å². The van der Waals surface area contributed by atoms with Crippen molar-refractivity contribution in [3.05, 3.63) is 90.3 Å². The molecule has 1 atom stereocenters. The average molecular weight is 472 g/mol. The second-order valence-corrected chi connectivity index (χ2v) is 8.74. The van der Waals surface area contributed by atoms with Crippen molar-refractivity contribution in [3.8, 4) is 11.6 Å². The Labute approximate surface area is 199 Å². The number of carbonyl (C=O) groups excluding carboxylic acids is 2. The lowest BCUT2D eigenvalue weighted by Gasteiger charge is -2.16. The van der Waals surface area contributed by atoms with E-state index in [9.17, 15) is 9.59 Å². The van der Waals surface area contributed by atoms with Gasteiger partial charge in [-0.25, -0.2) is 0 Å². The summed E-state index contributed by atoms with van der Waals surface area (Å²) in [4.78, 5) is 28.5. The van der Waals surface area contributed by atoms with Crippen LogP contribution in [0.15, 0.2) is 88.8 Å². The largest absolute Gasteiger partial charge is 0.461 e. The molecule has 170 valence electrons. The van der Waals surface area contributed by atoms with Crippen molar-refractivity contribution in [1.29, 1.82) is 0 Å². The van der Waals surface area contributed by atoms with E-state index in [1.54, 1.807) is 29.2 Å². The first-order valence-electron chi connectivity index (χ1n) is 10.7. The first kappa shape index (κ1) is 21.7. The van der Waals surface area contributed by atoms with E-state index in [0.29, 0.717) is 22.3 Å². The van der Waals surface area contributed by atoms with Crippen LogP contribution in [0, 0.1) is 0 Å². The van der Waals surface area contributed by atoms with Crippen LogP contribution < -0.4 is 5.73 Å². The van der Waals surface area contributed by atoms with E-state index in [2.05, 4.69) is 15.2 Å². The molecule has 8 nitrogen and oxygen atoms in total. The molecule has 0 radical (unpaired) electrons. The maximum absolute atomic E-state index is 13.8. The highest BCUT2D eigenvalue weighted by atomic mass is 32.2. The van der Waals surface area contributed by atoms with Gasteiger partial charge in [0.2, 0.25) is 5.91 Å². The number of hydrogen-bond acceptors (Lipinski definition) is 6. The molecular weight excluding hydrogens is 450 g/mol. The summed E-state index contributed by atoms with van der Waals surface area (Å²) in [5, 5.41) is 9.40. The molecule has 9 heteroatoms. The van der Waals surface area contributed by atoms with Gasteiger partial charge in [0.25, 0.3) is 0 Å². The van der Waals surface area contributed by atoms with Gasteiger partial charge in [-0.05, 0) is 23.8 Å². The van der Waals surface area contributed by atoms with Crippen molar-refractivity contribution < 1.29 is 14.0 Å². The smallest absolute Gasteiger partial charge is 0.219 e.